The lowest BCUT2D eigenvalue weighted by Crippen LogP contribution is -2.27. The predicted octanol–water partition coefficient (Wildman–Crippen LogP) is 1.56. The van der Waals surface area contributed by atoms with Gasteiger partial charge in [-0.05, 0) is 29.5 Å². The van der Waals surface area contributed by atoms with Crippen molar-refractivity contribution in [2.75, 3.05) is 13.2 Å². The normalized spacial score (nSPS) is 12.7. The van der Waals surface area contributed by atoms with Gasteiger partial charge in [0.25, 0.3) is 0 Å². The number of sulfonamides is 1. The molecule has 0 aliphatic rings. The van der Waals surface area contributed by atoms with Gasteiger partial charge in [0.05, 0.1) is 11.5 Å². The van der Waals surface area contributed by atoms with E-state index < -0.39 is 10.0 Å². The molecule has 1 rings (SSSR count). The van der Waals surface area contributed by atoms with Crippen LogP contribution in [0.5, 0.6) is 0 Å². The molecule has 102 valence electrons. The van der Waals surface area contributed by atoms with Crippen LogP contribution in [0.25, 0.3) is 0 Å². The Hall–Kier alpha value is -0.910. The van der Waals surface area contributed by atoms with Gasteiger partial charge in [-0.1, -0.05) is 32.9 Å². The van der Waals surface area contributed by atoms with Crippen molar-refractivity contribution in [1.82, 2.24) is 4.72 Å². The first kappa shape index (κ1) is 15.1. The Bertz CT molecular complexity index is 516. The fourth-order valence-corrected chi connectivity index (χ4v) is 2.92. The van der Waals surface area contributed by atoms with Gasteiger partial charge < -0.3 is 5.11 Å². The summed E-state index contributed by atoms with van der Waals surface area (Å²) in [5.41, 5.74) is 1.81. The van der Waals surface area contributed by atoms with E-state index in [-0.39, 0.29) is 23.5 Å². The molecule has 0 unspecified atom stereocenters. The van der Waals surface area contributed by atoms with Crippen LogP contribution in [0.1, 0.15) is 31.9 Å². The van der Waals surface area contributed by atoms with Crippen LogP contribution in [-0.4, -0.2) is 26.7 Å². The zero-order chi connectivity index (χ0) is 14.0. The molecule has 0 amide bonds. The summed E-state index contributed by atoms with van der Waals surface area (Å²) in [4.78, 5) is 0.268. The van der Waals surface area contributed by atoms with Crippen LogP contribution in [-0.2, 0) is 15.4 Å². The molecule has 0 saturated carbocycles. The van der Waals surface area contributed by atoms with Crippen molar-refractivity contribution in [3.05, 3.63) is 29.3 Å². The molecule has 4 nitrogen and oxygen atoms in total. The van der Waals surface area contributed by atoms with Crippen molar-refractivity contribution >= 4 is 10.0 Å². The van der Waals surface area contributed by atoms with Crippen LogP contribution in [0.3, 0.4) is 0 Å². The molecular formula is C13H21NO3S. The Morgan fingerprint density at radius 3 is 2.33 bits per heavy atom. The summed E-state index contributed by atoms with van der Waals surface area (Å²) in [6.07, 6.45) is 0. The van der Waals surface area contributed by atoms with E-state index in [1.165, 1.54) is 0 Å². The molecule has 1 aromatic rings. The van der Waals surface area contributed by atoms with Crippen LogP contribution in [0, 0.1) is 6.92 Å². The van der Waals surface area contributed by atoms with Gasteiger partial charge in [0, 0.05) is 6.54 Å². The number of nitrogens with one attached hydrogen (secondary N) is 1. The summed E-state index contributed by atoms with van der Waals surface area (Å²) in [7, 11) is -3.53. The lowest BCUT2D eigenvalue weighted by molar-refractivity contribution is 0.301. The minimum Gasteiger partial charge on any atom is -0.395 e. The molecule has 0 heterocycles. The number of benzene rings is 1. The first-order valence-corrected chi connectivity index (χ1v) is 7.38. The third-order valence-corrected chi connectivity index (χ3v) is 4.36. The Morgan fingerprint density at radius 1 is 1.28 bits per heavy atom. The number of aliphatic hydroxyl groups is 1. The number of hydrogen-bond acceptors (Lipinski definition) is 3. The Labute approximate surface area is 109 Å². The van der Waals surface area contributed by atoms with Gasteiger partial charge in [0.2, 0.25) is 10.0 Å². The maximum atomic E-state index is 12.0. The van der Waals surface area contributed by atoms with Gasteiger partial charge in [0.1, 0.15) is 0 Å². The lowest BCUT2D eigenvalue weighted by Gasteiger charge is -2.20. The van der Waals surface area contributed by atoms with E-state index in [0.29, 0.717) is 5.56 Å². The molecule has 18 heavy (non-hydrogen) atoms. The number of rotatable bonds is 4. The Kier molecular flexibility index (Phi) is 4.53. The molecule has 0 spiro atoms. The summed E-state index contributed by atoms with van der Waals surface area (Å²) in [5, 5.41) is 8.67. The third-order valence-electron chi connectivity index (χ3n) is 2.73. The average Bonchev–Trinajstić information content (AvgIpc) is 2.24. The fourth-order valence-electron chi connectivity index (χ4n) is 1.68. The molecule has 0 radical (unpaired) electrons. The van der Waals surface area contributed by atoms with Gasteiger partial charge in [0.15, 0.2) is 0 Å². The molecule has 0 bridgehead atoms. The molecule has 0 fully saturated rings. The SMILES string of the molecule is Cc1cc(C(C)(C)C)ccc1S(=O)(=O)NCCO. The molecule has 0 aliphatic heterocycles. The number of aryl methyl sites for hydroxylation is 1. The van der Waals surface area contributed by atoms with E-state index in [9.17, 15) is 8.42 Å². The monoisotopic (exact) mass is 271 g/mol. The highest BCUT2D eigenvalue weighted by molar-refractivity contribution is 7.89. The van der Waals surface area contributed by atoms with Crippen LogP contribution < -0.4 is 4.72 Å². The highest BCUT2D eigenvalue weighted by atomic mass is 32.2. The maximum absolute atomic E-state index is 12.0. The number of aliphatic hydroxyl groups excluding tert-OH is 1. The first-order chi connectivity index (χ1) is 8.18. The molecule has 0 aliphatic carbocycles. The van der Waals surface area contributed by atoms with E-state index in [2.05, 4.69) is 25.5 Å². The topological polar surface area (TPSA) is 66.4 Å². The second-order valence-corrected chi connectivity index (χ2v) is 7.09. The summed E-state index contributed by atoms with van der Waals surface area (Å²) in [6.45, 7) is 7.85. The van der Waals surface area contributed by atoms with E-state index in [0.717, 1.165) is 5.56 Å². The molecule has 0 saturated heterocycles. The quantitative estimate of drug-likeness (QED) is 0.873. The van der Waals surface area contributed by atoms with Crippen molar-refractivity contribution in [3.63, 3.8) is 0 Å². The van der Waals surface area contributed by atoms with Gasteiger partial charge >= 0.3 is 0 Å². The van der Waals surface area contributed by atoms with E-state index in [4.69, 9.17) is 5.11 Å². The van der Waals surface area contributed by atoms with Gasteiger partial charge in [-0.2, -0.15) is 0 Å². The second kappa shape index (κ2) is 5.38. The lowest BCUT2D eigenvalue weighted by atomic mass is 9.86. The van der Waals surface area contributed by atoms with Crippen molar-refractivity contribution in [3.8, 4) is 0 Å². The smallest absolute Gasteiger partial charge is 0.240 e. The molecule has 1 aromatic carbocycles. The summed E-state index contributed by atoms with van der Waals surface area (Å²) >= 11 is 0. The predicted molar refractivity (Wildman–Crippen MR) is 72.2 cm³/mol. The summed E-state index contributed by atoms with van der Waals surface area (Å²) in [5.74, 6) is 0. The van der Waals surface area contributed by atoms with Crippen molar-refractivity contribution in [1.29, 1.82) is 0 Å². The molecule has 5 heteroatoms. The highest BCUT2D eigenvalue weighted by Crippen LogP contribution is 2.25. The minimum absolute atomic E-state index is 0.00835. The van der Waals surface area contributed by atoms with Gasteiger partial charge in [-0.15, -0.1) is 0 Å². The van der Waals surface area contributed by atoms with Crippen LogP contribution in [0.2, 0.25) is 0 Å². The summed E-state index contributed by atoms with van der Waals surface area (Å²) < 4.78 is 26.2. The maximum Gasteiger partial charge on any atom is 0.240 e. The van der Waals surface area contributed by atoms with Gasteiger partial charge in [-0.3, -0.25) is 0 Å². The molecule has 0 aromatic heterocycles. The zero-order valence-electron chi connectivity index (χ0n) is 11.3. The molecular weight excluding hydrogens is 250 g/mol. The molecule has 0 atom stereocenters. The largest absolute Gasteiger partial charge is 0.395 e. The van der Waals surface area contributed by atoms with Crippen molar-refractivity contribution in [2.24, 2.45) is 0 Å². The van der Waals surface area contributed by atoms with E-state index in [1.54, 1.807) is 13.0 Å². The Balaban J connectivity index is 3.14. The average molecular weight is 271 g/mol. The van der Waals surface area contributed by atoms with Crippen molar-refractivity contribution in [2.45, 2.75) is 38.0 Å². The summed E-state index contributed by atoms with van der Waals surface area (Å²) in [6, 6.07) is 5.35. The highest BCUT2D eigenvalue weighted by Gasteiger charge is 2.19. The van der Waals surface area contributed by atoms with Crippen molar-refractivity contribution < 1.29 is 13.5 Å². The van der Waals surface area contributed by atoms with Crippen LogP contribution in [0.15, 0.2) is 23.1 Å². The van der Waals surface area contributed by atoms with E-state index in [1.807, 2.05) is 12.1 Å². The fraction of sp³-hybridized carbons (Fsp3) is 0.538. The van der Waals surface area contributed by atoms with E-state index >= 15 is 0 Å². The number of hydrogen-bond donors (Lipinski definition) is 2. The Morgan fingerprint density at radius 2 is 1.89 bits per heavy atom. The van der Waals surface area contributed by atoms with Gasteiger partial charge in [-0.25, -0.2) is 13.1 Å². The van der Waals surface area contributed by atoms with Crippen LogP contribution >= 0.6 is 0 Å². The zero-order valence-corrected chi connectivity index (χ0v) is 12.1. The standard InChI is InChI=1S/C13H21NO3S/c1-10-9-11(13(2,3)4)5-6-12(10)18(16,17)14-7-8-15/h5-6,9,14-15H,7-8H2,1-4H3. The molecule has 2 N–H and O–H groups in total. The second-order valence-electron chi connectivity index (χ2n) is 5.35. The van der Waals surface area contributed by atoms with Crippen LogP contribution in [0.4, 0.5) is 0 Å². The third kappa shape index (κ3) is 3.54. The minimum atomic E-state index is -3.53. The first-order valence-electron chi connectivity index (χ1n) is 5.90.